The van der Waals surface area contributed by atoms with Crippen LogP contribution in [0, 0.1) is 5.89 Å². The van der Waals surface area contributed by atoms with Gasteiger partial charge in [-0.05, 0) is 30.5 Å². The fourth-order valence-electron chi connectivity index (χ4n) is 1.64. The van der Waals surface area contributed by atoms with Gasteiger partial charge in [0.05, 0.1) is 11.0 Å². The van der Waals surface area contributed by atoms with Crippen molar-refractivity contribution in [2.45, 2.75) is 38.9 Å². The molecular weight excluding hydrogens is 340 g/mol. The van der Waals surface area contributed by atoms with Gasteiger partial charge in [0.2, 0.25) is 5.91 Å². The molecule has 0 aliphatic carbocycles. The van der Waals surface area contributed by atoms with Gasteiger partial charge in [-0.1, -0.05) is 36.9 Å². The first-order chi connectivity index (χ1) is 14.2. The number of ketones is 1. The van der Waals surface area contributed by atoms with E-state index >= 15 is 0 Å². The number of carbonyl (C=O) groups is 2. The highest BCUT2D eigenvalue weighted by Crippen LogP contribution is 2.22. The Balaban J connectivity index is 3.11. The molecule has 0 saturated heterocycles. The quantitative estimate of drug-likeness (QED) is 0.486. The van der Waals surface area contributed by atoms with Gasteiger partial charge in [0.15, 0.2) is 5.78 Å². The predicted molar refractivity (Wildman–Crippen MR) is 91.6 cm³/mol. The number of halogens is 2. The molecule has 0 aromatic heterocycles. The van der Waals surface area contributed by atoms with E-state index in [9.17, 15) is 19.6 Å². The average Bonchev–Trinajstić information content (AvgIpc) is 2.60. The zero-order valence-corrected chi connectivity index (χ0v) is 13.3. The van der Waals surface area contributed by atoms with E-state index in [1.807, 2.05) is 0 Å². The summed E-state index contributed by atoms with van der Waals surface area (Å²) in [7, 11) is -2.53. The molecule has 8 heteroatoms. The molecule has 1 atom stereocenters. The monoisotopic (exact) mass is 368 g/mol. The topological polar surface area (TPSA) is 86.6 Å². The molecule has 126 valence electrons. The Morgan fingerprint density at radius 3 is 2.74 bits per heavy atom. The van der Waals surface area contributed by atoms with Crippen molar-refractivity contribution >= 4 is 42.0 Å². The zero-order valence-electron chi connectivity index (χ0n) is 20.8. The van der Waals surface area contributed by atoms with E-state index in [4.69, 9.17) is 35.5 Å². The third kappa shape index (κ3) is 6.91. The molecule has 1 aromatic carbocycles. The maximum atomic E-state index is 12.4. The molecule has 1 amide bonds. The van der Waals surface area contributed by atoms with E-state index in [2.05, 4.69) is 0 Å². The van der Waals surface area contributed by atoms with Crippen molar-refractivity contribution in [1.82, 2.24) is 5.32 Å². The average molecular weight is 369 g/mol. The summed E-state index contributed by atoms with van der Waals surface area (Å²) in [6, 6.07) is 3.85. The number of hydrogen-bond acceptors (Lipinski definition) is 4. The standard InChI is InChI=1S/C15H20BCl2NO4/c1-9(2)7-14(16(22)23)19-15(21)6-5-13(20)11-8-10(17)3-4-12(11)18/h3-4,8-9,14,22-23H,5-7H2,1-2H3,(H,19,21)/t14-/m0/s1/i1D3,2D3,6D2,9D. The van der Waals surface area contributed by atoms with Gasteiger partial charge in [-0.25, -0.2) is 0 Å². The van der Waals surface area contributed by atoms with E-state index in [0.717, 1.165) is 0 Å². The van der Waals surface area contributed by atoms with Gasteiger partial charge in [-0.2, -0.15) is 0 Å². The number of rotatable bonds is 8. The van der Waals surface area contributed by atoms with Crippen LogP contribution in [-0.2, 0) is 4.79 Å². The minimum atomic E-state index is -3.41. The maximum absolute atomic E-state index is 12.4. The molecule has 0 unspecified atom stereocenters. The van der Waals surface area contributed by atoms with Gasteiger partial charge in [0.25, 0.3) is 0 Å². The minimum Gasteiger partial charge on any atom is -0.426 e. The third-order valence-corrected chi connectivity index (χ3v) is 3.30. The van der Waals surface area contributed by atoms with Crippen LogP contribution in [0.4, 0.5) is 0 Å². The zero-order chi connectivity index (χ0) is 25.3. The Kier molecular flexibility index (Phi) is 4.05. The molecule has 0 heterocycles. The van der Waals surface area contributed by atoms with Crippen LogP contribution in [0.25, 0.3) is 0 Å². The Bertz CT molecular complexity index is 850. The number of Topliss-reactive ketones (excluding diaryl/α,β-unsaturated/α-hetero) is 1. The van der Waals surface area contributed by atoms with E-state index in [0.29, 0.717) is 0 Å². The summed E-state index contributed by atoms with van der Waals surface area (Å²) >= 11 is 11.7. The number of hydrogen-bond donors (Lipinski definition) is 3. The van der Waals surface area contributed by atoms with Crippen molar-refractivity contribution < 1.29 is 32.0 Å². The number of nitrogens with one attached hydrogen (secondary N) is 1. The molecule has 3 N–H and O–H groups in total. The van der Waals surface area contributed by atoms with Crippen molar-refractivity contribution in [1.29, 1.82) is 0 Å². The van der Waals surface area contributed by atoms with Crippen LogP contribution in [-0.4, -0.2) is 34.8 Å². The van der Waals surface area contributed by atoms with Crippen molar-refractivity contribution in [3.63, 3.8) is 0 Å². The lowest BCUT2D eigenvalue weighted by Gasteiger charge is -2.19. The number of benzene rings is 1. The van der Waals surface area contributed by atoms with Gasteiger partial charge >= 0.3 is 7.12 Å². The second-order valence-corrected chi connectivity index (χ2v) is 5.42. The fraction of sp³-hybridized carbons (Fsp3) is 0.467. The predicted octanol–water partition coefficient (Wildman–Crippen LogP) is 2.50. The first kappa shape index (κ1) is 10.0. The molecule has 0 aliphatic heterocycles. The molecule has 0 spiro atoms. The Morgan fingerprint density at radius 2 is 2.13 bits per heavy atom. The lowest BCUT2D eigenvalue weighted by Crippen LogP contribution is -2.47. The lowest BCUT2D eigenvalue weighted by molar-refractivity contribution is -0.121. The van der Waals surface area contributed by atoms with Crippen LogP contribution < -0.4 is 5.32 Å². The molecule has 5 nitrogen and oxygen atoms in total. The second-order valence-electron chi connectivity index (χ2n) is 4.58. The summed E-state index contributed by atoms with van der Waals surface area (Å²) in [5.74, 6) is -7.71. The summed E-state index contributed by atoms with van der Waals surface area (Å²) in [6.45, 7) is -6.82. The first-order valence-electron chi connectivity index (χ1n) is 10.9. The van der Waals surface area contributed by atoms with Gasteiger partial charge < -0.3 is 15.4 Å². The van der Waals surface area contributed by atoms with Gasteiger partial charge in [0.1, 0.15) is 0 Å². The van der Waals surface area contributed by atoms with Crippen molar-refractivity contribution in [3.8, 4) is 0 Å². The van der Waals surface area contributed by atoms with Gasteiger partial charge in [-0.15, -0.1) is 0 Å². The van der Waals surface area contributed by atoms with Crippen molar-refractivity contribution in [2.24, 2.45) is 5.89 Å². The van der Waals surface area contributed by atoms with Crippen LogP contribution in [0.15, 0.2) is 18.2 Å². The molecule has 0 aliphatic rings. The molecule has 1 aromatic rings. The minimum absolute atomic E-state index is 0.0476. The summed E-state index contributed by atoms with van der Waals surface area (Å²) in [6.07, 6.45) is -5.26. The molecule has 1 rings (SSSR count). The van der Waals surface area contributed by atoms with Crippen LogP contribution in [0.3, 0.4) is 0 Å². The highest BCUT2D eigenvalue weighted by molar-refractivity contribution is 6.43. The highest BCUT2D eigenvalue weighted by Gasteiger charge is 2.26. The van der Waals surface area contributed by atoms with Crippen LogP contribution in [0.1, 0.15) is 55.6 Å². The van der Waals surface area contributed by atoms with Crippen LogP contribution >= 0.6 is 23.2 Å². The van der Waals surface area contributed by atoms with E-state index < -0.39 is 63.6 Å². The van der Waals surface area contributed by atoms with E-state index in [1.165, 1.54) is 18.2 Å². The Labute approximate surface area is 158 Å². The van der Waals surface area contributed by atoms with E-state index in [1.54, 1.807) is 5.32 Å². The van der Waals surface area contributed by atoms with Crippen molar-refractivity contribution in [3.05, 3.63) is 33.8 Å². The van der Waals surface area contributed by atoms with Gasteiger partial charge in [0, 0.05) is 35.7 Å². The summed E-state index contributed by atoms with van der Waals surface area (Å²) in [5, 5.41) is 20.9. The Morgan fingerprint density at radius 1 is 1.43 bits per heavy atom. The molecule has 0 fully saturated rings. The third-order valence-electron chi connectivity index (χ3n) is 2.74. The largest absolute Gasteiger partial charge is 0.475 e. The van der Waals surface area contributed by atoms with E-state index in [-0.39, 0.29) is 15.6 Å². The molecule has 0 radical (unpaired) electrons. The second kappa shape index (κ2) is 9.28. The maximum Gasteiger partial charge on any atom is 0.475 e. The summed E-state index contributed by atoms with van der Waals surface area (Å²) in [4.78, 5) is 24.8. The molecule has 23 heavy (non-hydrogen) atoms. The summed E-state index contributed by atoms with van der Waals surface area (Å²) in [5.41, 5.74) is -0.162. The van der Waals surface area contributed by atoms with Gasteiger partial charge in [-0.3, -0.25) is 9.59 Å². The summed E-state index contributed by atoms with van der Waals surface area (Å²) < 4.78 is 67.9. The van der Waals surface area contributed by atoms with Crippen LogP contribution in [0.5, 0.6) is 0 Å². The number of amides is 1. The Hall–Kier alpha value is -1.08. The normalized spacial score (nSPS) is 20.1. The highest BCUT2D eigenvalue weighted by atomic mass is 35.5. The van der Waals surface area contributed by atoms with Crippen LogP contribution in [0.2, 0.25) is 10.0 Å². The fourth-order valence-corrected chi connectivity index (χ4v) is 2.03. The molecule has 0 saturated carbocycles. The SMILES string of the molecule is [2H]C([2H])(CC(=O)c1cc(Cl)ccc1Cl)C(=O)N[C@@H](CC([2H])(C([2H])([2H])[2H])C([2H])([2H])[2H])B(O)O. The smallest absolute Gasteiger partial charge is 0.426 e. The molecule has 0 bridgehead atoms. The van der Waals surface area contributed by atoms with Crippen molar-refractivity contribution in [2.75, 3.05) is 0 Å². The number of carbonyl (C=O) groups excluding carboxylic acids is 2. The lowest BCUT2D eigenvalue weighted by atomic mass is 9.75. The first-order valence-corrected chi connectivity index (χ1v) is 7.14. The molecular formula is C15H20BCl2NO4.